The van der Waals surface area contributed by atoms with Crippen molar-refractivity contribution < 1.29 is 19.2 Å². The molecule has 1 saturated heterocycles. The Morgan fingerprint density at radius 1 is 1.17 bits per heavy atom. The van der Waals surface area contributed by atoms with E-state index in [1.165, 1.54) is 18.2 Å². The summed E-state index contributed by atoms with van der Waals surface area (Å²) in [6.45, 7) is 2.15. The number of amides is 2. The minimum Gasteiger partial charge on any atom is -0.492 e. The molecule has 29 heavy (non-hydrogen) atoms. The van der Waals surface area contributed by atoms with Crippen LogP contribution in [0.1, 0.15) is 11.1 Å². The maximum atomic E-state index is 12.6. The normalized spacial score (nSPS) is 15.3. The number of hydrogen-bond donors (Lipinski definition) is 0. The quantitative estimate of drug-likeness (QED) is 0.334. The molecule has 0 spiro atoms. The van der Waals surface area contributed by atoms with Crippen LogP contribution < -0.4 is 4.74 Å². The van der Waals surface area contributed by atoms with Crippen LogP contribution in [0.5, 0.6) is 5.75 Å². The van der Waals surface area contributed by atoms with Gasteiger partial charge in [0, 0.05) is 16.7 Å². The number of thioether (sulfide) groups is 1. The number of carbonyl (C=O) groups excluding carboxylic acids is 2. The van der Waals surface area contributed by atoms with Gasteiger partial charge in [-0.05, 0) is 43.0 Å². The fourth-order valence-corrected chi connectivity index (χ4v) is 3.94. The van der Waals surface area contributed by atoms with E-state index in [9.17, 15) is 19.7 Å². The van der Waals surface area contributed by atoms with E-state index in [0.29, 0.717) is 17.5 Å². The minimum atomic E-state index is -0.649. The maximum Gasteiger partial charge on any atom is 0.293 e. The number of nitrogens with zero attached hydrogens (tertiary/aromatic N) is 2. The Morgan fingerprint density at radius 2 is 1.86 bits per heavy atom. The maximum absolute atomic E-state index is 12.6. The third-order valence-corrected chi connectivity index (χ3v) is 5.69. The van der Waals surface area contributed by atoms with Crippen molar-refractivity contribution in [1.29, 1.82) is 0 Å². The molecule has 0 radical (unpaired) electrons. The Bertz CT molecular complexity index is 1020. The molecule has 0 bridgehead atoms. The van der Waals surface area contributed by atoms with Crippen molar-refractivity contribution >= 4 is 57.9 Å². The van der Waals surface area contributed by atoms with Crippen molar-refractivity contribution in [2.24, 2.45) is 0 Å². The van der Waals surface area contributed by atoms with Gasteiger partial charge in [-0.15, -0.1) is 0 Å². The number of ether oxygens (including phenoxy) is 1. The lowest BCUT2D eigenvalue weighted by molar-refractivity contribution is -0.384. The van der Waals surface area contributed by atoms with E-state index >= 15 is 0 Å². The van der Waals surface area contributed by atoms with E-state index < -0.39 is 16.1 Å². The van der Waals surface area contributed by atoms with Crippen LogP contribution in [0, 0.1) is 17.0 Å². The molecule has 0 aliphatic carbocycles. The zero-order valence-corrected chi connectivity index (χ0v) is 17.4. The third-order valence-electron chi connectivity index (χ3n) is 4.06. The number of rotatable bonds is 6. The first-order chi connectivity index (χ1) is 13.8. The highest BCUT2D eigenvalue weighted by atomic mass is 35.5. The van der Waals surface area contributed by atoms with Gasteiger partial charge in [-0.25, -0.2) is 0 Å². The van der Waals surface area contributed by atoms with Crippen LogP contribution in [0.4, 0.5) is 10.5 Å². The number of nitro benzene ring substituents is 1. The molecule has 0 unspecified atom stereocenters. The first kappa shape index (κ1) is 21.2. The number of carbonyl (C=O) groups is 2. The third kappa shape index (κ3) is 4.72. The number of imide groups is 1. The van der Waals surface area contributed by atoms with Crippen LogP contribution in [0.2, 0.25) is 10.0 Å². The van der Waals surface area contributed by atoms with Gasteiger partial charge >= 0.3 is 0 Å². The van der Waals surface area contributed by atoms with Gasteiger partial charge in [0.2, 0.25) is 0 Å². The smallest absolute Gasteiger partial charge is 0.293 e. The summed E-state index contributed by atoms with van der Waals surface area (Å²) in [5.74, 6) is 0.0967. The number of hydrogen-bond acceptors (Lipinski definition) is 6. The van der Waals surface area contributed by atoms with Crippen LogP contribution in [0.3, 0.4) is 0 Å². The average molecular weight is 453 g/mol. The fourth-order valence-electron chi connectivity index (χ4n) is 2.54. The molecule has 2 aromatic carbocycles. The SMILES string of the molecule is Cc1ccc(OCCN2C(=O)S/C(=C\c3c(Cl)ccc([N+](=O)[O-])c3Cl)C2=O)cc1. The molecule has 1 aliphatic heterocycles. The molecule has 10 heteroatoms. The number of nitro groups is 1. The minimum absolute atomic E-state index is 0.0618. The van der Waals surface area contributed by atoms with Crippen LogP contribution in [0.25, 0.3) is 6.08 Å². The predicted octanol–water partition coefficient (Wildman–Crippen LogP) is 5.33. The summed E-state index contributed by atoms with van der Waals surface area (Å²) in [6, 6.07) is 9.88. The summed E-state index contributed by atoms with van der Waals surface area (Å²) >= 11 is 12.8. The number of halogens is 2. The molecule has 1 heterocycles. The number of aryl methyl sites for hydroxylation is 1. The van der Waals surface area contributed by atoms with Crippen molar-refractivity contribution in [2.75, 3.05) is 13.2 Å². The Kier molecular flexibility index (Phi) is 6.46. The molecular formula is C19H14Cl2N2O5S. The number of benzene rings is 2. The molecule has 2 aromatic rings. The lowest BCUT2D eigenvalue weighted by atomic mass is 10.1. The van der Waals surface area contributed by atoms with Gasteiger partial charge < -0.3 is 4.74 Å². The highest BCUT2D eigenvalue weighted by molar-refractivity contribution is 8.18. The van der Waals surface area contributed by atoms with E-state index in [1.54, 1.807) is 12.1 Å². The second-order valence-electron chi connectivity index (χ2n) is 6.05. The average Bonchev–Trinajstić information content (AvgIpc) is 2.93. The van der Waals surface area contributed by atoms with E-state index in [0.717, 1.165) is 10.5 Å². The lowest BCUT2D eigenvalue weighted by Gasteiger charge is -2.13. The summed E-state index contributed by atoms with van der Waals surface area (Å²) in [6.07, 6.45) is 1.30. The molecule has 2 amide bonds. The van der Waals surface area contributed by atoms with Crippen LogP contribution in [-0.4, -0.2) is 34.1 Å². The molecule has 0 atom stereocenters. The molecule has 7 nitrogen and oxygen atoms in total. The molecule has 0 saturated carbocycles. The van der Waals surface area contributed by atoms with Gasteiger partial charge in [0.15, 0.2) is 0 Å². The molecule has 1 aliphatic rings. The largest absolute Gasteiger partial charge is 0.492 e. The Balaban J connectivity index is 1.74. The van der Waals surface area contributed by atoms with Gasteiger partial charge in [0.05, 0.1) is 16.4 Å². The summed E-state index contributed by atoms with van der Waals surface area (Å²) in [5.41, 5.74) is 0.865. The van der Waals surface area contributed by atoms with Crippen molar-refractivity contribution in [1.82, 2.24) is 4.90 Å². The van der Waals surface area contributed by atoms with Crippen molar-refractivity contribution in [2.45, 2.75) is 6.92 Å². The van der Waals surface area contributed by atoms with Crippen LogP contribution >= 0.6 is 35.0 Å². The molecule has 1 fully saturated rings. The Morgan fingerprint density at radius 3 is 2.52 bits per heavy atom. The highest BCUT2D eigenvalue weighted by Gasteiger charge is 2.35. The predicted molar refractivity (Wildman–Crippen MR) is 112 cm³/mol. The van der Waals surface area contributed by atoms with E-state index in [4.69, 9.17) is 27.9 Å². The summed E-state index contributed by atoms with van der Waals surface area (Å²) in [4.78, 5) is 36.3. The Hall–Kier alpha value is -2.55. The zero-order chi connectivity index (χ0) is 21.1. The van der Waals surface area contributed by atoms with E-state index in [1.807, 2.05) is 19.1 Å². The molecule has 0 aromatic heterocycles. The van der Waals surface area contributed by atoms with Crippen molar-refractivity contribution in [3.05, 3.63) is 72.6 Å². The van der Waals surface area contributed by atoms with Gasteiger partial charge in [-0.2, -0.15) is 0 Å². The van der Waals surface area contributed by atoms with Crippen LogP contribution in [0.15, 0.2) is 41.3 Å². The fraction of sp³-hybridized carbons (Fsp3) is 0.158. The molecule has 3 rings (SSSR count). The summed E-state index contributed by atoms with van der Waals surface area (Å²) < 4.78 is 5.56. The first-order valence-corrected chi connectivity index (χ1v) is 9.92. The Labute approximate surface area is 180 Å². The van der Waals surface area contributed by atoms with Gasteiger partial charge in [0.25, 0.3) is 16.8 Å². The van der Waals surface area contributed by atoms with Gasteiger partial charge in [0.1, 0.15) is 17.4 Å². The van der Waals surface area contributed by atoms with E-state index in [-0.39, 0.29) is 39.4 Å². The van der Waals surface area contributed by atoms with Gasteiger partial charge in [-0.1, -0.05) is 40.9 Å². The van der Waals surface area contributed by atoms with Crippen molar-refractivity contribution in [3.8, 4) is 5.75 Å². The summed E-state index contributed by atoms with van der Waals surface area (Å²) in [5, 5.41) is 10.5. The lowest BCUT2D eigenvalue weighted by Crippen LogP contribution is -2.32. The second kappa shape index (κ2) is 8.86. The van der Waals surface area contributed by atoms with Gasteiger partial charge in [-0.3, -0.25) is 24.6 Å². The zero-order valence-electron chi connectivity index (χ0n) is 15.1. The van der Waals surface area contributed by atoms with E-state index in [2.05, 4.69) is 0 Å². The van der Waals surface area contributed by atoms with Crippen molar-refractivity contribution in [3.63, 3.8) is 0 Å². The second-order valence-corrected chi connectivity index (χ2v) is 7.82. The monoisotopic (exact) mass is 452 g/mol. The molecular weight excluding hydrogens is 439 g/mol. The topological polar surface area (TPSA) is 89.8 Å². The standard InChI is InChI=1S/C19H14Cl2N2O5S/c1-11-2-4-12(5-3-11)28-9-8-22-18(24)16(29-19(22)25)10-13-14(20)6-7-15(17(13)21)23(26)27/h2-7,10H,8-9H2,1H3/b16-10-. The first-order valence-electron chi connectivity index (χ1n) is 8.35. The highest BCUT2D eigenvalue weighted by Crippen LogP contribution is 2.38. The molecule has 150 valence electrons. The van der Waals surface area contributed by atoms with Crippen LogP contribution in [-0.2, 0) is 4.79 Å². The summed E-state index contributed by atoms with van der Waals surface area (Å²) in [7, 11) is 0. The molecule has 0 N–H and O–H groups in total.